The number of fused-ring (bicyclic) bond motifs is 3. The first-order valence-electron chi connectivity index (χ1n) is 8.62. The molecule has 0 saturated heterocycles. The molecule has 0 fully saturated rings. The molecule has 0 N–H and O–H groups in total. The van der Waals surface area contributed by atoms with Crippen molar-refractivity contribution in [1.82, 2.24) is 9.97 Å². The first kappa shape index (κ1) is 17.7. The van der Waals surface area contributed by atoms with Gasteiger partial charge in [0.25, 0.3) is 0 Å². The van der Waals surface area contributed by atoms with Gasteiger partial charge in [0.15, 0.2) is 0 Å². The summed E-state index contributed by atoms with van der Waals surface area (Å²) >= 11 is 3.32. The number of aromatic nitrogens is 2. The van der Waals surface area contributed by atoms with E-state index >= 15 is 0 Å². The standard InChI is InChI=1S/C18H24N2O2S2/c1-5-13(18(21)22-10(2)3)23-16-15-12-7-6-11(4)8-14(12)24-17(15)20-9-19-16/h9-11,13H,5-8H2,1-4H3. The molecular formula is C18H24N2O2S2. The number of hydrogen-bond acceptors (Lipinski definition) is 6. The summed E-state index contributed by atoms with van der Waals surface area (Å²) in [6, 6.07) is 0. The van der Waals surface area contributed by atoms with Crippen molar-refractivity contribution in [2.45, 2.75) is 69.8 Å². The summed E-state index contributed by atoms with van der Waals surface area (Å²) in [4.78, 5) is 23.8. The van der Waals surface area contributed by atoms with Gasteiger partial charge in [0, 0.05) is 10.3 Å². The Labute approximate surface area is 151 Å². The van der Waals surface area contributed by atoms with Gasteiger partial charge in [0.05, 0.1) is 6.10 Å². The zero-order valence-electron chi connectivity index (χ0n) is 14.7. The minimum absolute atomic E-state index is 0.0898. The van der Waals surface area contributed by atoms with E-state index in [9.17, 15) is 4.79 Å². The molecule has 6 heteroatoms. The predicted molar refractivity (Wildman–Crippen MR) is 99.8 cm³/mol. The Balaban J connectivity index is 1.93. The quantitative estimate of drug-likeness (QED) is 0.439. The van der Waals surface area contributed by atoms with Crippen molar-refractivity contribution in [2.75, 3.05) is 0 Å². The molecule has 3 rings (SSSR count). The topological polar surface area (TPSA) is 52.1 Å². The molecule has 0 aliphatic heterocycles. The van der Waals surface area contributed by atoms with Gasteiger partial charge in [-0.15, -0.1) is 11.3 Å². The molecule has 0 spiro atoms. The molecule has 1 aliphatic rings. The van der Waals surface area contributed by atoms with Gasteiger partial charge in [-0.1, -0.05) is 25.6 Å². The van der Waals surface area contributed by atoms with E-state index in [1.165, 1.54) is 34.0 Å². The lowest BCUT2D eigenvalue weighted by molar-refractivity contribution is -0.146. The molecule has 0 radical (unpaired) electrons. The van der Waals surface area contributed by atoms with Gasteiger partial charge in [-0.2, -0.15) is 0 Å². The number of esters is 1. The van der Waals surface area contributed by atoms with Crippen molar-refractivity contribution >= 4 is 39.3 Å². The normalized spacial score (nSPS) is 18.6. The van der Waals surface area contributed by atoms with Gasteiger partial charge in [0.2, 0.25) is 0 Å². The van der Waals surface area contributed by atoms with Gasteiger partial charge in [-0.05, 0) is 51.0 Å². The summed E-state index contributed by atoms with van der Waals surface area (Å²) in [6.07, 6.45) is 5.69. The van der Waals surface area contributed by atoms with Crippen LogP contribution in [0, 0.1) is 5.92 Å². The van der Waals surface area contributed by atoms with Gasteiger partial charge < -0.3 is 4.74 Å². The lowest BCUT2D eigenvalue weighted by Gasteiger charge is -2.19. The fourth-order valence-corrected chi connectivity index (χ4v) is 5.53. The molecule has 0 amide bonds. The molecule has 130 valence electrons. The average molecular weight is 365 g/mol. The Morgan fingerprint density at radius 3 is 2.96 bits per heavy atom. The SMILES string of the molecule is CCC(Sc1ncnc2sc3c(c12)CCC(C)C3)C(=O)OC(C)C. The van der Waals surface area contributed by atoms with E-state index in [4.69, 9.17) is 4.74 Å². The predicted octanol–water partition coefficient (Wildman–Crippen LogP) is 4.64. The number of aryl methyl sites for hydroxylation is 1. The smallest absolute Gasteiger partial charge is 0.319 e. The van der Waals surface area contributed by atoms with Crippen LogP contribution in [0.1, 0.15) is 51.0 Å². The average Bonchev–Trinajstić information content (AvgIpc) is 2.89. The fraction of sp³-hybridized carbons (Fsp3) is 0.611. The Kier molecular flexibility index (Phi) is 5.45. The molecule has 24 heavy (non-hydrogen) atoms. The molecule has 2 atom stereocenters. The van der Waals surface area contributed by atoms with Crippen LogP contribution in [0.2, 0.25) is 0 Å². The van der Waals surface area contributed by atoms with E-state index in [-0.39, 0.29) is 17.3 Å². The number of nitrogens with zero attached hydrogens (tertiary/aromatic N) is 2. The number of thiophene rings is 1. The molecule has 2 aromatic rings. The first-order chi connectivity index (χ1) is 11.5. The number of ether oxygens (including phenoxy) is 1. The van der Waals surface area contributed by atoms with E-state index in [2.05, 4.69) is 16.9 Å². The maximum atomic E-state index is 12.3. The van der Waals surface area contributed by atoms with Crippen molar-refractivity contribution in [1.29, 1.82) is 0 Å². The summed E-state index contributed by atoms with van der Waals surface area (Å²) in [5, 5.41) is 1.88. The number of rotatable bonds is 5. The summed E-state index contributed by atoms with van der Waals surface area (Å²) in [5.41, 5.74) is 1.41. The van der Waals surface area contributed by atoms with Crippen LogP contribution in [0.25, 0.3) is 10.2 Å². The number of hydrogen-bond donors (Lipinski definition) is 0. The maximum absolute atomic E-state index is 12.3. The van der Waals surface area contributed by atoms with E-state index in [0.717, 1.165) is 35.0 Å². The summed E-state index contributed by atoms with van der Waals surface area (Å²) in [5.74, 6) is 0.584. The highest BCUT2D eigenvalue weighted by Crippen LogP contribution is 2.41. The Morgan fingerprint density at radius 1 is 1.46 bits per heavy atom. The Morgan fingerprint density at radius 2 is 2.25 bits per heavy atom. The van der Waals surface area contributed by atoms with E-state index in [0.29, 0.717) is 0 Å². The molecule has 0 saturated carbocycles. The van der Waals surface area contributed by atoms with Crippen molar-refractivity contribution in [3.63, 3.8) is 0 Å². The Bertz CT molecular complexity index is 742. The van der Waals surface area contributed by atoms with Crippen LogP contribution in [0.5, 0.6) is 0 Å². The summed E-state index contributed by atoms with van der Waals surface area (Å²) in [6.45, 7) is 8.09. The zero-order valence-corrected chi connectivity index (χ0v) is 16.3. The summed E-state index contributed by atoms with van der Waals surface area (Å²) in [7, 11) is 0. The van der Waals surface area contributed by atoms with Crippen LogP contribution >= 0.6 is 23.1 Å². The first-order valence-corrected chi connectivity index (χ1v) is 10.3. The second-order valence-corrected chi connectivity index (χ2v) is 8.99. The molecule has 1 aliphatic carbocycles. The molecule has 4 nitrogen and oxygen atoms in total. The molecule has 2 aromatic heterocycles. The molecule has 0 aromatic carbocycles. The van der Waals surface area contributed by atoms with Crippen LogP contribution in [0.15, 0.2) is 11.4 Å². The fourth-order valence-electron chi connectivity index (χ4n) is 3.08. The highest BCUT2D eigenvalue weighted by atomic mass is 32.2. The van der Waals surface area contributed by atoms with Crippen LogP contribution < -0.4 is 0 Å². The van der Waals surface area contributed by atoms with Crippen molar-refractivity contribution in [3.8, 4) is 0 Å². The van der Waals surface area contributed by atoms with Crippen LogP contribution in [-0.4, -0.2) is 27.3 Å². The number of carbonyl (C=O) groups excluding carboxylic acids is 1. The Hall–Kier alpha value is -1.14. The third-order valence-corrected chi connectivity index (χ3v) is 6.80. The lowest BCUT2D eigenvalue weighted by atomic mass is 9.89. The third kappa shape index (κ3) is 3.59. The van der Waals surface area contributed by atoms with Crippen LogP contribution in [0.3, 0.4) is 0 Å². The van der Waals surface area contributed by atoms with Gasteiger partial charge in [-0.3, -0.25) is 4.79 Å². The second kappa shape index (κ2) is 7.40. The zero-order chi connectivity index (χ0) is 17.3. The third-order valence-electron chi connectivity index (χ3n) is 4.30. The largest absolute Gasteiger partial charge is 0.462 e. The molecule has 2 heterocycles. The van der Waals surface area contributed by atoms with Gasteiger partial charge in [0.1, 0.15) is 21.4 Å². The van der Waals surface area contributed by atoms with Crippen molar-refractivity contribution in [3.05, 3.63) is 16.8 Å². The maximum Gasteiger partial charge on any atom is 0.319 e. The second-order valence-electron chi connectivity index (χ2n) is 6.71. The summed E-state index contributed by atoms with van der Waals surface area (Å²) < 4.78 is 5.40. The van der Waals surface area contributed by atoms with E-state index in [1.54, 1.807) is 17.7 Å². The molecular weight excluding hydrogens is 340 g/mol. The molecule has 0 bridgehead atoms. The van der Waals surface area contributed by atoms with Gasteiger partial charge >= 0.3 is 5.97 Å². The van der Waals surface area contributed by atoms with E-state index < -0.39 is 0 Å². The highest BCUT2D eigenvalue weighted by molar-refractivity contribution is 8.00. The molecule has 2 unspecified atom stereocenters. The monoisotopic (exact) mass is 364 g/mol. The number of thioether (sulfide) groups is 1. The minimum atomic E-state index is -0.219. The number of carbonyl (C=O) groups is 1. The van der Waals surface area contributed by atoms with Crippen molar-refractivity contribution < 1.29 is 9.53 Å². The van der Waals surface area contributed by atoms with Crippen LogP contribution in [-0.2, 0) is 22.4 Å². The van der Waals surface area contributed by atoms with Crippen molar-refractivity contribution in [2.24, 2.45) is 5.92 Å². The minimum Gasteiger partial charge on any atom is -0.462 e. The van der Waals surface area contributed by atoms with Gasteiger partial charge in [-0.25, -0.2) is 9.97 Å². The highest BCUT2D eigenvalue weighted by Gasteiger charge is 2.26. The lowest BCUT2D eigenvalue weighted by Crippen LogP contribution is -2.23. The van der Waals surface area contributed by atoms with Crippen LogP contribution in [0.4, 0.5) is 0 Å². The van der Waals surface area contributed by atoms with E-state index in [1.807, 2.05) is 20.8 Å².